The summed E-state index contributed by atoms with van der Waals surface area (Å²) in [6.45, 7) is 2.34. The fourth-order valence-electron chi connectivity index (χ4n) is 3.22. The van der Waals surface area contributed by atoms with Crippen LogP contribution in [0.2, 0.25) is 0 Å². The van der Waals surface area contributed by atoms with E-state index < -0.39 is 10.0 Å². The van der Waals surface area contributed by atoms with Crippen molar-refractivity contribution in [1.29, 1.82) is 0 Å². The second-order valence-corrected chi connectivity index (χ2v) is 9.55. The predicted octanol–water partition coefficient (Wildman–Crippen LogP) is 4.03. The highest BCUT2D eigenvalue weighted by molar-refractivity contribution is 7.92. The lowest BCUT2D eigenvalue weighted by Gasteiger charge is -2.10. The number of ether oxygens (including phenoxy) is 1. The lowest BCUT2D eigenvalue weighted by Crippen LogP contribution is -2.25. The van der Waals surface area contributed by atoms with E-state index >= 15 is 0 Å². The molecule has 0 spiro atoms. The van der Waals surface area contributed by atoms with Crippen molar-refractivity contribution in [2.75, 3.05) is 16.6 Å². The molecule has 0 atom stereocenters. The summed E-state index contributed by atoms with van der Waals surface area (Å²) in [6.07, 6.45) is 1.99. The zero-order valence-electron chi connectivity index (χ0n) is 18.6. The molecule has 0 aromatic heterocycles. The van der Waals surface area contributed by atoms with Crippen LogP contribution in [0, 0.1) is 0 Å². The Labute approximate surface area is 198 Å². The van der Waals surface area contributed by atoms with Crippen LogP contribution in [0.5, 0.6) is 5.75 Å². The van der Waals surface area contributed by atoms with Gasteiger partial charge in [0.1, 0.15) is 5.75 Å². The number of hydrogen-bond acceptors (Lipinski definition) is 5. The number of rotatable bonds is 9. The van der Waals surface area contributed by atoms with Gasteiger partial charge < -0.3 is 15.4 Å². The molecule has 1 fully saturated rings. The summed E-state index contributed by atoms with van der Waals surface area (Å²) >= 11 is 0. The summed E-state index contributed by atoms with van der Waals surface area (Å²) in [5.41, 5.74) is 1.64. The lowest BCUT2D eigenvalue weighted by atomic mass is 10.1. The molecule has 3 aromatic rings. The Morgan fingerprint density at radius 1 is 0.882 bits per heavy atom. The Hall–Kier alpha value is -3.85. The van der Waals surface area contributed by atoms with Gasteiger partial charge >= 0.3 is 0 Å². The molecule has 0 aliphatic heterocycles. The molecular weight excluding hydrogens is 454 g/mol. The average molecular weight is 480 g/mol. The van der Waals surface area contributed by atoms with Crippen molar-refractivity contribution in [2.45, 2.75) is 30.7 Å². The van der Waals surface area contributed by atoms with Crippen LogP contribution in [-0.2, 0) is 10.0 Å². The van der Waals surface area contributed by atoms with Gasteiger partial charge in [-0.15, -0.1) is 0 Å². The maximum atomic E-state index is 12.6. The Morgan fingerprint density at radius 2 is 1.59 bits per heavy atom. The van der Waals surface area contributed by atoms with Gasteiger partial charge in [-0.25, -0.2) is 8.42 Å². The van der Waals surface area contributed by atoms with Crippen LogP contribution < -0.4 is 20.1 Å². The molecule has 176 valence electrons. The van der Waals surface area contributed by atoms with E-state index in [1.165, 1.54) is 36.4 Å². The highest BCUT2D eigenvalue weighted by Gasteiger charge is 2.24. The van der Waals surface area contributed by atoms with E-state index in [1.54, 1.807) is 36.4 Å². The van der Waals surface area contributed by atoms with Gasteiger partial charge in [0.15, 0.2) is 0 Å². The molecule has 1 aliphatic carbocycles. The number of amides is 2. The summed E-state index contributed by atoms with van der Waals surface area (Å²) in [6, 6.07) is 19.2. The first-order valence-electron chi connectivity index (χ1n) is 10.9. The van der Waals surface area contributed by atoms with Crippen molar-refractivity contribution in [3.05, 3.63) is 83.9 Å². The first-order valence-corrected chi connectivity index (χ1v) is 12.4. The third-order valence-electron chi connectivity index (χ3n) is 5.14. The first kappa shape index (κ1) is 23.3. The van der Waals surface area contributed by atoms with Gasteiger partial charge in [0, 0.05) is 28.5 Å². The molecule has 1 saturated carbocycles. The summed E-state index contributed by atoms with van der Waals surface area (Å²) in [7, 11) is -3.79. The van der Waals surface area contributed by atoms with E-state index in [2.05, 4.69) is 15.4 Å². The van der Waals surface area contributed by atoms with Crippen molar-refractivity contribution in [3.63, 3.8) is 0 Å². The Kier molecular flexibility index (Phi) is 6.83. The van der Waals surface area contributed by atoms with Crippen molar-refractivity contribution >= 4 is 33.2 Å². The highest BCUT2D eigenvalue weighted by atomic mass is 32.2. The quantitative estimate of drug-likeness (QED) is 0.429. The van der Waals surface area contributed by atoms with Crippen LogP contribution in [0.15, 0.2) is 77.7 Å². The number of hydrogen-bond donors (Lipinski definition) is 3. The molecule has 2 amide bonds. The zero-order valence-corrected chi connectivity index (χ0v) is 19.4. The minimum atomic E-state index is -3.79. The van der Waals surface area contributed by atoms with E-state index in [-0.39, 0.29) is 22.8 Å². The van der Waals surface area contributed by atoms with Gasteiger partial charge in [0.25, 0.3) is 21.8 Å². The Bertz CT molecular complexity index is 1280. The Balaban J connectivity index is 1.39. The molecule has 0 unspecified atom stereocenters. The van der Waals surface area contributed by atoms with Crippen LogP contribution in [0.1, 0.15) is 40.5 Å². The van der Waals surface area contributed by atoms with E-state index in [1.807, 2.05) is 6.92 Å². The summed E-state index contributed by atoms with van der Waals surface area (Å²) in [4.78, 5) is 24.9. The van der Waals surface area contributed by atoms with Gasteiger partial charge in [-0.2, -0.15) is 0 Å². The molecule has 8 nitrogen and oxygen atoms in total. The number of benzene rings is 3. The monoisotopic (exact) mass is 479 g/mol. The van der Waals surface area contributed by atoms with Crippen molar-refractivity contribution in [2.24, 2.45) is 0 Å². The Morgan fingerprint density at radius 3 is 2.24 bits per heavy atom. The average Bonchev–Trinajstić information content (AvgIpc) is 3.64. The third-order valence-corrected chi connectivity index (χ3v) is 6.54. The zero-order chi connectivity index (χ0) is 24.1. The van der Waals surface area contributed by atoms with Gasteiger partial charge in [-0.3, -0.25) is 14.3 Å². The lowest BCUT2D eigenvalue weighted by molar-refractivity contribution is 0.0949. The largest absolute Gasteiger partial charge is 0.494 e. The molecule has 34 heavy (non-hydrogen) atoms. The highest BCUT2D eigenvalue weighted by Crippen LogP contribution is 2.21. The molecular formula is C25H25N3O5S. The normalized spacial score (nSPS) is 13.1. The maximum Gasteiger partial charge on any atom is 0.261 e. The minimum Gasteiger partial charge on any atom is -0.494 e. The summed E-state index contributed by atoms with van der Waals surface area (Å²) in [5, 5.41) is 5.68. The number of anilines is 2. The topological polar surface area (TPSA) is 114 Å². The number of carbonyl (C=O) groups is 2. The molecule has 4 rings (SSSR count). The van der Waals surface area contributed by atoms with Crippen LogP contribution in [0.25, 0.3) is 0 Å². The molecule has 9 heteroatoms. The van der Waals surface area contributed by atoms with E-state index in [0.29, 0.717) is 34.9 Å². The first-order chi connectivity index (χ1) is 16.3. The van der Waals surface area contributed by atoms with Gasteiger partial charge in [0.2, 0.25) is 0 Å². The molecule has 3 aromatic carbocycles. The number of carbonyl (C=O) groups excluding carboxylic acids is 2. The second kappa shape index (κ2) is 9.96. The van der Waals surface area contributed by atoms with Crippen LogP contribution in [0.4, 0.5) is 11.4 Å². The van der Waals surface area contributed by atoms with Crippen molar-refractivity contribution in [3.8, 4) is 5.75 Å². The van der Waals surface area contributed by atoms with Crippen molar-refractivity contribution < 1.29 is 22.7 Å². The van der Waals surface area contributed by atoms with Gasteiger partial charge in [0.05, 0.1) is 11.5 Å². The maximum absolute atomic E-state index is 12.6. The summed E-state index contributed by atoms with van der Waals surface area (Å²) in [5.74, 6) is 0.0503. The second-order valence-electron chi connectivity index (χ2n) is 7.87. The number of sulfonamides is 1. The predicted molar refractivity (Wildman–Crippen MR) is 130 cm³/mol. The fraction of sp³-hybridized carbons (Fsp3) is 0.200. The van der Waals surface area contributed by atoms with E-state index in [4.69, 9.17) is 4.74 Å². The summed E-state index contributed by atoms with van der Waals surface area (Å²) < 4.78 is 33.1. The molecule has 0 bridgehead atoms. The molecule has 0 saturated heterocycles. The molecule has 3 N–H and O–H groups in total. The molecule has 1 aliphatic rings. The standard InChI is InChI=1S/C25H25N3O5S/c1-2-33-22-12-14-23(15-13-22)34(31,32)28-20-8-6-17(7-9-20)24(29)27-21-5-3-4-18(16-21)25(30)26-19-10-11-19/h3-9,12-16,19,28H,2,10-11H2,1H3,(H,26,30)(H,27,29). The molecule has 0 heterocycles. The smallest absolute Gasteiger partial charge is 0.261 e. The van der Waals surface area contributed by atoms with Crippen LogP contribution in [-0.4, -0.2) is 32.9 Å². The molecule has 0 radical (unpaired) electrons. The third kappa shape index (κ3) is 5.93. The van der Waals surface area contributed by atoms with Crippen molar-refractivity contribution in [1.82, 2.24) is 5.32 Å². The van der Waals surface area contributed by atoms with Crippen LogP contribution in [0.3, 0.4) is 0 Å². The van der Waals surface area contributed by atoms with E-state index in [0.717, 1.165) is 12.8 Å². The number of nitrogens with one attached hydrogen (secondary N) is 3. The minimum absolute atomic E-state index is 0.100. The fourth-order valence-corrected chi connectivity index (χ4v) is 4.28. The van der Waals surface area contributed by atoms with Gasteiger partial charge in [-0.05, 0) is 86.5 Å². The van der Waals surface area contributed by atoms with Gasteiger partial charge in [-0.1, -0.05) is 6.07 Å². The van der Waals surface area contributed by atoms with Crippen LogP contribution >= 0.6 is 0 Å². The van der Waals surface area contributed by atoms with E-state index in [9.17, 15) is 18.0 Å². The SMILES string of the molecule is CCOc1ccc(S(=O)(=O)Nc2ccc(C(=O)Nc3cccc(C(=O)NC4CC4)c3)cc2)cc1.